The highest BCUT2D eigenvalue weighted by Gasteiger charge is 1.99. The molecular weight excluding hydrogens is 184 g/mol. The fourth-order valence-electron chi connectivity index (χ4n) is 1.06. The molecule has 0 spiro atoms. The first kappa shape index (κ1) is 10.5. The molecular formula is C10H15ClN2. The number of halogens is 1. The topological polar surface area (TPSA) is 24.9 Å². The van der Waals surface area contributed by atoms with E-state index in [9.17, 15) is 0 Å². The summed E-state index contributed by atoms with van der Waals surface area (Å²) in [6.07, 6.45) is 4.62. The van der Waals surface area contributed by atoms with Crippen molar-refractivity contribution < 1.29 is 0 Å². The maximum Gasteiger partial charge on any atom is 0.0271 e. The lowest BCUT2D eigenvalue weighted by Crippen LogP contribution is -2.25. The van der Waals surface area contributed by atoms with Crippen LogP contribution in [0.4, 0.5) is 0 Å². The van der Waals surface area contributed by atoms with Crippen molar-refractivity contribution in [1.82, 2.24) is 10.3 Å². The summed E-state index contributed by atoms with van der Waals surface area (Å²) in [5, 5.41) is 3.39. The zero-order valence-electron chi connectivity index (χ0n) is 7.83. The molecule has 1 rings (SSSR count). The number of aromatic nitrogens is 1. The quantitative estimate of drug-likeness (QED) is 0.734. The van der Waals surface area contributed by atoms with Gasteiger partial charge in [-0.05, 0) is 31.0 Å². The van der Waals surface area contributed by atoms with Crippen molar-refractivity contribution in [3.63, 3.8) is 0 Å². The molecule has 3 heteroatoms. The van der Waals surface area contributed by atoms with E-state index in [2.05, 4.69) is 17.2 Å². The van der Waals surface area contributed by atoms with Crippen LogP contribution in [0.2, 0.25) is 0 Å². The van der Waals surface area contributed by atoms with Crippen LogP contribution in [0.3, 0.4) is 0 Å². The molecule has 0 aliphatic heterocycles. The lowest BCUT2D eigenvalue weighted by atomic mass is 10.2. The SMILES string of the molecule is CC(CCCl)NCc1ccncc1. The minimum atomic E-state index is 0.477. The average molecular weight is 199 g/mol. The van der Waals surface area contributed by atoms with Gasteiger partial charge in [-0.3, -0.25) is 4.98 Å². The normalized spacial score (nSPS) is 12.8. The number of nitrogens with zero attached hydrogens (tertiary/aromatic N) is 1. The number of alkyl halides is 1. The molecule has 1 aromatic heterocycles. The van der Waals surface area contributed by atoms with Crippen LogP contribution in [0.25, 0.3) is 0 Å². The van der Waals surface area contributed by atoms with E-state index in [1.807, 2.05) is 24.5 Å². The molecule has 1 heterocycles. The molecule has 0 radical (unpaired) electrons. The van der Waals surface area contributed by atoms with Gasteiger partial charge in [0.05, 0.1) is 0 Å². The van der Waals surface area contributed by atoms with E-state index in [0.29, 0.717) is 11.9 Å². The monoisotopic (exact) mass is 198 g/mol. The molecule has 0 saturated heterocycles. The van der Waals surface area contributed by atoms with Crippen molar-refractivity contribution >= 4 is 11.6 Å². The summed E-state index contributed by atoms with van der Waals surface area (Å²) >= 11 is 5.63. The minimum Gasteiger partial charge on any atom is -0.310 e. The Balaban J connectivity index is 2.27. The molecule has 0 saturated carbocycles. The molecule has 0 aromatic carbocycles. The third-order valence-electron chi connectivity index (χ3n) is 1.95. The molecule has 2 nitrogen and oxygen atoms in total. The predicted molar refractivity (Wildman–Crippen MR) is 55.9 cm³/mol. The Bertz CT molecular complexity index is 226. The number of hydrogen-bond acceptors (Lipinski definition) is 2. The molecule has 1 atom stereocenters. The third-order valence-corrected chi connectivity index (χ3v) is 2.16. The Labute approximate surface area is 84.3 Å². The van der Waals surface area contributed by atoms with Crippen molar-refractivity contribution in [2.24, 2.45) is 0 Å². The second-order valence-corrected chi connectivity index (χ2v) is 3.49. The molecule has 0 aliphatic rings. The highest BCUT2D eigenvalue weighted by Crippen LogP contribution is 1.98. The molecule has 1 unspecified atom stereocenters. The number of nitrogens with one attached hydrogen (secondary N) is 1. The number of hydrogen-bond donors (Lipinski definition) is 1. The number of rotatable bonds is 5. The van der Waals surface area contributed by atoms with Crippen LogP contribution in [0, 0.1) is 0 Å². The van der Waals surface area contributed by atoms with Gasteiger partial charge in [0.25, 0.3) is 0 Å². The molecule has 0 fully saturated rings. The van der Waals surface area contributed by atoms with Crippen LogP contribution in [-0.2, 0) is 6.54 Å². The second-order valence-electron chi connectivity index (χ2n) is 3.12. The van der Waals surface area contributed by atoms with Crippen molar-refractivity contribution in [2.45, 2.75) is 25.9 Å². The summed E-state index contributed by atoms with van der Waals surface area (Å²) in [6.45, 7) is 3.03. The van der Waals surface area contributed by atoms with Crippen LogP contribution < -0.4 is 5.32 Å². The summed E-state index contributed by atoms with van der Waals surface area (Å²) in [4.78, 5) is 3.96. The van der Waals surface area contributed by atoms with Gasteiger partial charge in [0.15, 0.2) is 0 Å². The fourth-order valence-corrected chi connectivity index (χ4v) is 1.39. The zero-order chi connectivity index (χ0) is 9.52. The summed E-state index contributed by atoms with van der Waals surface area (Å²) < 4.78 is 0. The van der Waals surface area contributed by atoms with Gasteiger partial charge >= 0.3 is 0 Å². The Morgan fingerprint density at radius 2 is 2.15 bits per heavy atom. The van der Waals surface area contributed by atoms with Crippen LogP contribution in [0.5, 0.6) is 0 Å². The number of pyridine rings is 1. The van der Waals surface area contributed by atoms with Gasteiger partial charge in [-0.15, -0.1) is 11.6 Å². The standard InChI is InChI=1S/C10H15ClN2/c1-9(2-5-11)13-8-10-3-6-12-7-4-10/h3-4,6-7,9,13H,2,5,8H2,1H3. The molecule has 72 valence electrons. The summed E-state index contributed by atoms with van der Waals surface area (Å²) in [6, 6.07) is 4.51. The zero-order valence-corrected chi connectivity index (χ0v) is 8.59. The summed E-state index contributed by atoms with van der Waals surface area (Å²) in [7, 11) is 0. The molecule has 1 N–H and O–H groups in total. The van der Waals surface area contributed by atoms with E-state index in [-0.39, 0.29) is 0 Å². The van der Waals surface area contributed by atoms with Crippen molar-refractivity contribution in [3.8, 4) is 0 Å². The first-order chi connectivity index (χ1) is 6.33. The summed E-state index contributed by atoms with van der Waals surface area (Å²) in [5.74, 6) is 0.713. The van der Waals surface area contributed by atoms with Crippen LogP contribution >= 0.6 is 11.6 Å². The lowest BCUT2D eigenvalue weighted by molar-refractivity contribution is 0.536. The third kappa shape index (κ3) is 4.25. The first-order valence-electron chi connectivity index (χ1n) is 4.51. The highest BCUT2D eigenvalue weighted by atomic mass is 35.5. The van der Waals surface area contributed by atoms with E-state index < -0.39 is 0 Å². The maximum absolute atomic E-state index is 5.63. The Kier molecular flexibility index (Phi) is 4.79. The largest absolute Gasteiger partial charge is 0.310 e. The van der Waals surface area contributed by atoms with Gasteiger partial charge in [0.2, 0.25) is 0 Å². The molecule has 13 heavy (non-hydrogen) atoms. The lowest BCUT2D eigenvalue weighted by Gasteiger charge is -2.11. The molecule has 0 amide bonds. The molecule has 1 aromatic rings. The molecule has 0 aliphatic carbocycles. The Hall–Kier alpha value is -0.600. The van der Waals surface area contributed by atoms with E-state index in [1.165, 1.54) is 5.56 Å². The summed E-state index contributed by atoms with van der Waals surface area (Å²) in [5.41, 5.74) is 1.26. The molecule has 0 bridgehead atoms. The van der Waals surface area contributed by atoms with Crippen molar-refractivity contribution in [1.29, 1.82) is 0 Å². The van der Waals surface area contributed by atoms with Crippen LogP contribution in [-0.4, -0.2) is 16.9 Å². The van der Waals surface area contributed by atoms with Gasteiger partial charge in [-0.2, -0.15) is 0 Å². The van der Waals surface area contributed by atoms with Gasteiger partial charge in [0.1, 0.15) is 0 Å². The van der Waals surface area contributed by atoms with Gasteiger partial charge < -0.3 is 5.32 Å². The van der Waals surface area contributed by atoms with Gasteiger partial charge in [0, 0.05) is 30.9 Å². The Morgan fingerprint density at radius 3 is 2.77 bits per heavy atom. The first-order valence-corrected chi connectivity index (χ1v) is 5.04. The van der Waals surface area contributed by atoms with Crippen molar-refractivity contribution in [2.75, 3.05) is 5.88 Å². The van der Waals surface area contributed by atoms with E-state index in [0.717, 1.165) is 13.0 Å². The highest BCUT2D eigenvalue weighted by molar-refractivity contribution is 6.17. The van der Waals surface area contributed by atoms with Gasteiger partial charge in [-0.25, -0.2) is 0 Å². The van der Waals surface area contributed by atoms with Crippen molar-refractivity contribution in [3.05, 3.63) is 30.1 Å². The van der Waals surface area contributed by atoms with Crippen LogP contribution in [0.15, 0.2) is 24.5 Å². The second kappa shape index (κ2) is 5.95. The van der Waals surface area contributed by atoms with Gasteiger partial charge in [-0.1, -0.05) is 0 Å². The smallest absolute Gasteiger partial charge is 0.0271 e. The van der Waals surface area contributed by atoms with E-state index in [4.69, 9.17) is 11.6 Å². The average Bonchev–Trinajstić information content (AvgIpc) is 2.17. The Morgan fingerprint density at radius 1 is 1.46 bits per heavy atom. The van der Waals surface area contributed by atoms with E-state index >= 15 is 0 Å². The predicted octanol–water partition coefficient (Wildman–Crippen LogP) is 2.19. The maximum atomic E-state index is 5.63. The van der Waals surface area contributed by atoms with E-state index in [1.54, 1.807) is 0 Å². The van der Waals surface area contributed by atoms with Crippen LogP contribution in [0.1, 0.15) is 18.9 Å². The fraction of sp³-hybridized carbons (Fsp3) is 0.500. The minimum absolute atomic E-state index is 0.477.